The zero-order chi connectivity index (χ0) is 13.4. The van der Waals surface area contributed by atoms with Crippen molar-refractivity contribution in [2.24, 2.45) is 0 Å². The highest BCUT2D eigenvalue weighted by molar-refractivity contribution is 7.80. The van der Waals surface area contributed by atoms with Crippen LogP contribution in [0.1, 0.15) is 30.1 Å². The van der Waals surface area contributed by atoms with Gasteiger partial charge in [0.05, 0.1) is 11.7 Å². The lowest BCUT2D eigenvalue weighted by molar-refractivity contribution is -0.255. The Hall–Kier alpha value is -1.82. The van der Waals surface area contributed by atoms with Crippen LogP contribution < -0.4 is 21.3 Å². The minimum absolute atomic E-state index is 0.143. The quantitative estimate of drug-likeness (QED) is 0.398. The molecule has 18 heavy (non-hydrogen) atoms. The van der Waals surface area contributed by atoms with Gasteiger partial charge in [-0.15, -0.1) is 0 Å². The zero-order valence-corrected chi connectivity index (χ0v) is 11.0. The van der Waals surface area contributed by atoms with Gasteiger partial charge in [0.15, 0.2) is 5.11 Å². The van der Waals surface area contributed by atoms with Crippen LogP contribution in [0.15, 0.2) is 24.3 Å². The summed E-state index contributed by atoms with van der Waals surface area (Å²) in [5.41, 5.74) is 6.55. The van der Waals surface area contributed by atoms with Crippen LogP contribution in [0.4, 0.5) is 5.69 Å². The summed E-state index contributed by atoms with van der Waals surface area (Å²) in [5, 5.41) is 14.1. The predicted molar refractivity (Wildman–Crippen MR) is 73.0 cm³/mol. The number of carboxylic acid groups (broad SMARTS) is 1. The largest absolute Gasteiger partial charge is 0.545 e. The molecule has 0 unspecified atom stereocenters. The molecule has 1 rings (SSSR count). The van der Waals surface area contributed by atoms with Crippen LogP contribution >= 0.6 is 12.2 Å². The van der Waals surface area contributed by atoms with E-state index in [1.807, 2.05) is 0 Å². The van der Waals surface area contributed by atoms with E-state index in [2.05, 4.69) is 23.1 Å². The Morgan fingerprint density at radius 2 is 2.00 bits per heavy atom. The second-order valence-electron chi connectivity index (χ2n) is 3.72. The number of rotatable bonds is 6. The van der Waals surface area contributed by atoms with Crippen molar-refractivity contribution in [3.05, 3.63) is 29.8 Å². The van der Waals surface area contributed by atoms with Gasteiger partial charge in [0, 0.05) is 6.54 Å². The highest BCUT2D eigenvalue weighted by atomic mass is 32.1. The van der Waals surface area contributed by atoms with E-state index in [-0.39, 0.29) is 5.56 Å². The van der Waals surface area contributed by atoms with E-state index in [1.165, 1.54) is 12.1 Å². The molecule has 6 heteroatoms. The number of unbranched alkanes of at least 4 members (excludes halogenated alkanes) is 1. The molecule has 3 N–H and O–H groups in total. The molecule has 98 valence electrons. The Bertz CT molecular complexity index is 406. The molecule has 0 amide bonds. The van der Waals surface area contributed by atoms with E-state index < -0.39 is 5.97 Å². The smallest absolute Gasteiger partial charge is 0.185 e. The molecule has 0 heterocycles. The van der Waals surface area contributed by atoms with Gasteiger partial charge in [0.25, 0.3) is 0 Å². The van der Waals surface area contributed by atoms with Gasteiger partial charge >= 0.3 is 0 Å². The molecule has 0 saturated carbocycles. The lowest BCUT2D eigenvalue weighted by atomic mass is 10.2. The summed E-state index contributed by atoms with van der Waals surface area (Å²) in [7, 11) is 0. The summed E-state index contributed by atoms with van der Waals surface area (Å²) in [6.07, 6.45) is 2.16. The zero-order valence-electron chi connectivity index (χ0n) is 10.2. The molecule has 0 aliphatic carbocycles. The van der Waals surface area contributed by atoms with Gasteiger partial charge in [-0.1, -0.05) is 25.5 Å². The maximum Gasteiger partial charge on any atom is 0.185 e. The number of benzene rings is 1. The summed E-state index contributed by atoms with van der Waals surface area (Å²) in [6.45, 7) is 2.93. The van der Waals surface area contributed by atoms with Crippen molar-refractivity contribution in [1.82, 2.24) is 10.7 Å². The van der Waals surface area contributed by atoms with Gasteiger partial charge in [0.2, 0.25) is 0 Å². The lowest BCUT2D eigenvalue weighted by Crippen LogP contribution is -2.39. The first-order chi connectivity index (χ1) is 8.63. The number of carbonyl (C=O) groups is 1. The molecule has 0 atom stereocenters. The van der Waals surface area contributed by atoms with Crippen molar-refractivity contribution in [2.75, 3.05) is 12.0 Å². The van der Waals surface area contributed by atoms with Gasteiger partial charge in [-0.3, -0.25) is 10.9 Å². The molecule has 0 aliphatic heterocycles. The summed E-state index contributed by atoms with van der Waals surface area (Å²) in [4.78, 5) is 10.5. The highest BCUT2D eigenvalue weighted by Crippen LogP contribution is 2.07. The molecule has 0 saturated heterocycles. The number of hydrogen-bond donors (Lipinski definition) is 3. The molecule has 0 spiro atoms. The van der Waals surface area contributed by atoms with Crippen LogP contribution in [-0.2, 0) is 0 Å². The fourth-order valence-electron chi connectivity index (χ4n) is 1.24. The Morgan fingerprint density at radius 3 is 2.56 bits per heavy atom. The Labute approximate surface area is 112 Å². The van der Waals surface area contributed by atoms with Gasteiger partial charge < -0.3 is 15.2 Å². The van der Waals surface area contributed by atoms with Crippen LogP contribution in [0.2, 0.25) is 0 Å². The van der Waals surface area contributed by atoms with Crippen LogP contribution in [0.5, 0.6) is 0 Å². The van der Waals surface area contributed by atoms with E-state index in [4.69, 9.17) is 12.2 Å². The average Bonchev–Trinajstić information content (AvgIpc) is 2.37. The van der Waals surface area contributed by atoms with Crippen molar-refractivity contribution in [3.63, 3.8) is 0 Å². The second-order valence-corrected chi connectivity index (χ2v) is 4.13. The van der Waals surface area contributed by atoms with E-state index >= 15 is 0 Å². The Kier molecular flexibility index (Phi) is 5.93. The monoisotopic (exact) mass is 266 g/mol. The predicted octanol–water partition coefficient (Wildman–Crippen LogP) is 0.641. The second kappa shape index (κ2) is 7.50. The van der Waals surface area contributed by atoms with Crippen LogP contribution in [0.25, 0.3) is 0 Å². The molecular formula is C12H16N3O2S-. The van der Waals surface area contributed by atoms with Crippen molar-refractivity contribution >= 4 is 29.0 Å². The highest BCUT2D eigenvalue weighted by Gasteiger charge is 1.96. The third-order valence-corrected chi connectivity index (χ3v) is 2.50. The van der Waals surface area contributed by atoms with Gasteiger partial charge in [-0.25, -0.2) is 0 Å². The minimum atomic E-state index is -1.19. The van der Waals surface area contributed by atoms with Crippen LogP contribution in [-0.4, -0.2) is 17.6 Å². The Morgan fingerprint density at radius 1 is 1.33 bits per heavy atom. The van der Waals surface area contributed by atoms with Crippen molar-refractivity contribution in [1.29, 1.82) is 0 Å². The minimum Gasteiger partial charge on any atom is -0.545 e. The molecule has 1 aromatic rings. The van der Waals surface area contributed by atoms with E-state index in [9.17, 15) is 9.90 Å². The SMILES string of the molecule is CCCCNC(=S)NNc1ccc(C(=O)[O-])cc1. The molecule has 0 fully saturated rings. The molecule has 0 aliphatic rings. The third-order valence-electron chi connectivity index (χ3n) is 2.26. The molecule has 0 aromatic heterocycles. The van der Waals surface area contributed by atoms with Crippen LogP contribution in [0, 0.1) is 0 Å². The maximum atomic E-state index is 10.5. The fraction of sp³-hybridized carbons (Fsp3) is 0.333. The normalized spacial score (nSPS) is 9.61. The summed E-state index contributed by atoms with van der Waals surface area (Å²) >= 11 is 5.05. The number of carboxylic acids is 1. The first-order valence-corrected chi connectivity index (χ1v) is 6.15. The van der Waals surface area contributed by atoms with Crippen molar-refractivity contribution in [2.45, 2.75) is 19.8 Å². The molecule has 0 radical (unpaired) electrons. The number of aromatic carboxylic acids is 1. The number of thiocarbonyl (C=S) groups is 1. The van der Waals surface area contributed by atoms with Crippen molar-refractivity contribution < 1.29 is 9.90 Å². The maximum absolute atomic E-state index is 10.5. The number of nitrogens with one attached hydrogen (secondary N) is 3. The van der Waals surface area contributed by atoms with Gasteiger partial charge in [0.1, 0.15) is 0 Å². The summed E-state index contributed by atoms with van der Waals surface area (Å²) < 4.78 is 0. The summed E-state index contributed by atoms with van der Waals surface area (Å²) in [5.74, 6) is -1.19. The lowest BCUT2D eigenvalue weighted by Gasteiger charge is -2.12. The third kappa shape index (κ3) is 5.01. The number of carbonyl (C=O) groups excluding carboxylic acids is 1. The average molecular weight is 266 g/mol. The molecular weight excluding hydrogens is 250 g/mol. The molecule has 5 nitrogen and oxygen atoms in total. The first-order valence-electron chi connectivity index (χ1n) is 5.74. The van der Waals surface area contributed by atoms with Crippen molar-refractivity contribution in [3.8, 4) is 0 Å². The fourth-order valence-corrected chi connectivity index (χ4v) is 1.39. The number of anilines is 1. The number of hydrogen-bond acceptors (Lipinski definition) is 4. The van der Waals surface area contributed by atoms with E-state index in [0.717, 1.165) is 25.1 Å². The molecule has 1 aromatic carbocycles. The first kappa shape index (κ1) is 14.2. The van der Waals surface area contributed by atoms with Gasteiger partial charge in [-0.05, 0) is 36.3 Å². The van der Waals surface area contributed by atoms with E-state index in [0.29, 0.717) is 5.11 Å². The topological polar surface area (TPSA) is 76.2 Å². The van der Waals surface area contributed by atoms with Gasteiger partial charge in [-0.2, -0.15) is 0 Å². The molecule has 0 bridgehead atoms. The summed E-state index contributed by atoms with van der Waals surface area (Å²) in [6, 6.07) is 6.19. The standard InChI is InChI=1S/C12H17N3O2S/c1-2-3-8-13-12(18)15-14-10-6-4-9(5-7-10)11(16)17/h4-7,14H,2-3,8H2,1H3,(H,16,17)(H2,13,15,18)/p-1. The van der Waals surface area contributed by atoms with Crippen LogP contribution in [0.3, 0.4) is 0 Å². The van der Waals surface area contributed by atoms with E-state index in [1.54, 1.807) is 12.1 Å². The number of hydrazine groups is 1. The Balaban J connectivity index is 2.34.